The summed E-state index contributed by atoms with van der Waals surface area (Å²) in [6.07, 6.45) is 3.67. The normalized spacial score (nSPS) is 24.0. The van der Waals surface area contributed by atoms with Crippen LogP contribution < -0.4 is 0 Å². The summed E-state index contributed by atoms with van der Waals surface area (Å²) in [5.41, 5.74) is 6.06. The van der Waals surface area contributed by atoms with Crippen LogP contribution in [0.2, 0.25) is 6.32 Å². The van der Waals surface area contributed by atoms with E-state index in [-0.39, 0.29) is 35.3 Å². The van der Waals surface area contributed by atoms with Gasteiger partial charge in [-0.15, -0.1) is 0 Å². The Morgan fingerprint density at radius 2 is 1.69 bits per heavy atom. The summed E-state index contributed by atoms with van der Waals surface area (Å²) in [6.45, 7) is 4.27. The Bertz CT molecular complexity index is 1590. The molecule has 214 valence electrons. The minimum absolute atomic E-state index is 0.00311. The number of hydrogen-bond donors (Lipinski definition) is 2. The van der Waals surface area contributed by atoms with E-state index in [9.17, 15) is 19.7 Å². The molecule has 1 saturated heterocycles. The molecule has 1 heterocycles. The minimum atomic E-state index is -1.02. The number of Topliss-reactive ketones (excluding diaryl/α,β-unsaturated/α-hetero) is 2. The Balaban J connectivity index is 1.38. The van der Waals surface area contributed by atoms with Gasteiger partial charge in [0.05, 0.1) is 6.10 Å². The van der Waals surface area contributed by atoms with Crippen molar-refractivity contribution in [1.82, 2.24) is 0 Å². The fraction of sp³-hybridized carbons (Fsp3) is 0.314. The van der Waals surface area contributed by atoms with Crippen molar-refractivity contribution < 1.29 is 24.4 Å². The molecular formula is C35H34BBrO5. The van der Waals surface area contributed by atoms with Crippen molar-refractivity contribution in [2.24, 2.45) is 23.7 Å². The van der Waals surface area contributed by atoms with Crippen molar-refractivity contribution in [3.05, 3.63) is 111 Å². The lowest BCUT2D eigenvalue weighted by Gasteiger charge is -2.48. The molecule has 6 rings (SSSR count). The van der Waals surface area contributed by atoms with Crippen LogP contribution in [0.4, 0.5) is 0 Å². The number of carbonyl (C=O) groups is 2. The number of hydrogen-bond acceptors (Lipinski definition) is 5. The van der Waals surface area contributed by atoms with Gasteiger partial charge in [0, 0.05) is 33.0 Å². The first-order valence-electron chi connectivity index (χ1n) is 14.7. The predicted octanol–water partition coefficient (Wildman–Crippen LogP) is 7.64. The van der Waals surface area contributed by atoms with Crippen molar-refractivity contribution >= 4 is 46.3 Å². The SMILES string of the molecule is CC(C)C1=C2[C@@H](CC/C(=C/c3cc(Br)ccc3O)c3ccccc3)OB(O)C[C@@H]2[C@@H]2C(=O)c3ccccc3C(=O)[C@@H]2C1. The summed E-state index contributed by atoms with van der Waals surface area (Å²) in [6, 6.07) is 22.6. The van der Waals surface area contributed by atoms with Crippen LogP contribution in [0.3, 0.4) is 0 Å². The monoisotopic (exact) mass is 624 g/mol. The molecule has 4 atom stereocenters. The Morgan fingerprint density at radius 3 is 2.40 bits per heavy atom. The number of carbonyl (C=O) groups excluding carboxylic acids is 2. The molecular weight excluding hydrogens is 591 g/mol. The van der Waals surface area contributed by atoms with Crippen LogP contribution in [0.1, 0.15) is 65.0 Å². The molecule has 3 aromatic carbocycles. The molecule has 2 aliphatic carbocycles. The quantitative estimate of drug-likeness (QED) is 0.167. The van der Waals surface area contributed by atoms with Gasteiger partial charge in [0.1, 0.15) is 5.75 Å². The van der Waals surface area contributed by atoms with Crippen molar-refractivity contribution in [1.29, 1.82) is 0 Å². The zero-order valence-electron chi connectivity index (χ0n) is 23.8. The molecule has 7 heteroatoms. The third kappa shape index (κ3) is 5.34. The molecule has 5 nitrogen and oxygen atoms in total. The highest BCUT2D eigenvalue weighted by molar-refractivity contribution is 9.10. The second kappa shape index (κ2) is 11.8. The zero-order chi connectivity index (χ0) is 29.5. The van der Waals surface area contributed by atoms with Crippen LogP contribution in [-0.2, 0) is 4.65 Å². The van der Waals surface area contributed by atoms with Gasteiger partial charge < -0.3 is 14.8 Å². The van der Waals surface area contributed by atoms with Gasteiger partial charge in [-0.1, -0.05) is 89.9 Å². The first-order chi connectivity index (χ1) is 20.2. The van der Waals surface area contributed by atoms with Gasteiger partial charge in [-0.2, -0.15) is 0 Å². The standard InChI is InChI=1S/C35H34BBrO5/c1-20(2)27-18-28-33(35(40)26-11-7-6-10-25(26)34(28)39)29-19-36(41)42-31(32(27)29)15-12-22(21-8-4-3-5-9-21)16-23-17-24(37)13-14-30(23)38/h3-11,13-14,16-17,20,28-29,31,33,38,41H,12,15,18-19H2,1-2H3/b22-16-/t28-,29+,31-,33-/m1/s1. The predicted molar refractivity (Wildman–Crippen MR) is 169 cm³/mol. The second-order valence-electron chi connectivity index (χ2n) is 11.9. The number of halogens is 1. The van der Waals surface area contributed by atoms with Gasteiger partial charge in [0.15, 0.2) is 11.6 Å². The molecule has 3 aliphatic rings. The topological polar surface area (TPSA) is 83.8 Å². The molecule has 0 radical (unpaired) electrons. The molecule has 0 amide bonds. The maximum Gasteiger partial charge on any atom is 0.455 e. The summed E-state index contributed by atoms with van der Waals surface area (Å²) in [7, 11) is -1.02. The summed E-state index contributed by atoms with van der Waals surface area (Å²) in [5.74, 6) is -0.751. The van der Waals surface area contributed by atoms with E-state index in [1.165, 1.54) is 5.57 Å². The molecule has 0 saturated carbocycles. The number of ketones is 2. The van der Waals surface area contributed by atoms with Gasteiger partial charge in [0.2, 0.25) is 0 Å². The number of phenolic OH excluding ortho intramolecular Hbond substituents is 1. The molecule has 1 fully saturated rings. The number of phenols is 1. The van der Waals surface area contributed by atoms with Gasteiger partial charge in [-0.05, 0) is 78.4 Å². The maximum absolute atomic E-state index is 13.9. The summed E-state index contributed by atoms with van der Waals surface area (Å²) < 4.78 is 7.12. The summed E-state index contributed by atoms with van der Waals surface area (Å²) >= 11 is 3.51. The fourth-order valence-electron chi connectivity index (χ4n) is 7.22. The third-order valence-electron chi connectivity index (χ3n) is 9.14. The van der Waals surface area contributed by atoms with E-state index < -0.39 is 19.0 Å². The lowest BCUT2D eigenvalue weighted by atomic mass is 9.53. The number of fused-ring (bicyclic) bond motifs is 4. The van der Waals surface area contributed by atoms with E-state index in [1.807, 2.05) is 54.6 Å². The van der Waals surface area contributed by atoms with Crippen molar-refractivity contribution in [3.63, 3.8) is 0 Å². The molecule has 0 spiro atoms. The van der Waals surface area contributed by atoms with Crippen LogP contribution >= 0.6 is 15.9 Å². The molecule has 0 aromatic heterocycles. The average molecular weight is 625 g/mol. The molecule has 2 N–H and O–H groups in total. The van der Waals surface area contributed by atoms with Crippen LogP contribution in [0.15, 0.2) is 88.4 Å². The number of aromatic hydroxyl groups is 1. The van der Waals surface area contributed by atoms with Crippen LogP contribution in [-0.4, -0.2) is 34.9 Å². The van der Waals surface area contributed by atoms with E-state index in [1.54, 1.807) is 24.3 Å². The summed E-state index contributed by atoms with van der Waals surface area (Å²) in [5, 5.41) is 21.5. The van der Waals surface area contributed by atoms with Crippen molar-refractivity contribution in [2.45, 2.75) is 45.5 Å². The maximum atomic E-state index is 13.9. The van der Waals surface area contributed by atoms with E-state index in [2.05, 4.69) is 29.8 Å². The van der Waals surface area contributed by atoms with Gasteiger partial charge in [-0.3, -0.25) is 9.59 Å². The highest BCUT2D eigenvalue weighted by atomic mass is 79.9. The molecule has 3 aromatic rings. The van der Waals surface area contributed by atoms with Crippen molar-refractivity contribution in [3.8, 4) is 5.75 Å². The van der Waals surface area contributed by atoms with E-state index >= 15 is 0 Å². The van der Waals surface area contributed by atoms with E-state index in [4.69, 9.17) is 4.65 Å². The lowest BCUT2D eigenvalue weighted by molar-refractivity contribution is 0.0594. The molecule has 0 bridgehead atoms. The minimum Gasteiger partial charge on any atom is -0.507 e. The molecule has 0 unspecified atom stereocenters. The van der Waals surface area contributed by atoms with Crippen LogP contribution in [0.25, 0.3) is 11.6 Å². The first kappa shape index (κ1) is 28.8. The average Bonchev–Trinajstić information content (AvgIpc) is 2.99. The Morgan fingerprint density at radius 1 is 1.00 bits per heavy atom. The second-order valence-corrected chi connectivity index (χ2v) is 12.9. The number of rotatable bonds is 6. The first-order valence-corrected chi connectivity index (χ1v) is 15.5. The lowest BCUT2D eigenvalue weighted by Crippen LogP contribution is -2.51. The highest BCUT2D eigenvalue weighted by Gasteiger charge is 2.53. The van der Waals surface area contributed by atoms with Crippen LogP contribution in [0, 0.1) is 23.7 Å². The fourth-order valence-corrected chi connectivity index (χ4v) is 7.60. The highest BCUT2D eigenvalue weighted by Crippen LogP contribution is 2.52. The Hall–Kier alpha value is -3.26. The van der Waals surface area contributed by atoms with E-state index in [0.29, 0.717) is 42.3 Å². The largest absolute Gasteiger partial charge is 0.507 e. The third-order valence-corrected chi connectivity index (χ3v) is 9.63. The molecule has 42 heavy (non-hydrogen) atoms. The van der Waals surface area contributed by atoms with Crippen molar-refractivity contribution in [2.75, 3.05) is 0 Å². The Kier molecular flexibility index (Phi) is 8.10. The smallest absolute Gasteiger partial charge is 0.455 e. The Labute approximate surface area is 255 Å². The van der Waals surface area contributed by atoms with Gasteiger partial charge >= 0.3 is 7.12 Å². The number of benzene rings is 3. The zero-order valence-corrected chi connectivity index (χ0v) is 25.4. The van der Waals surface area contributed by atoms with Gasteiger partial charge in [-0.25, -0.2) is 0 Å². The number of allylic oxidation sites excluding steroid dienone is 2. The summed E-state index contributed by atoms with van der Waals surface area (Å²) in [4.78, 5) is 27.6. The van der Waals surface area contributed by atoms with E-state index in [0.717, 1.165) is 21.2 Å². The molecule has 1 aliphatic heterocycles. The van der Waals surface area contributed by atoms with Crippen LogP contribution in [0.5, 0.6) is 5.75 Å². The van der Waals surface area contributed by atoms with Gasteiger partial charge in [0.25, 0.3) is 0 Å².